The van der Waals surface area contributed by atoms with Crippen molar-refractivity contribution in [3.63, 3.8) is 0 Å². The lowest BCUT2D eigenvalue weighted by molar-refractivity contribution is -0.135. The van der Waals surface area contributed by atoms with Gasteiger partial charge in [-0.15, -0.1) is 0 Å². The highest BCUT2D eigenvalue weighted by molar-refractivity contribution is 5.79. The fraction of sp³-hybridized carbons (Fsp3) is 0.450. The van der Waals surface area contributed by atoms with Crippen LogP contribution in [0.5, 0.6) is 0 Å². The van der Waals surface area contributed by atoms with E-state index in [0.717, 1.165) is 44.0 Å². The summed E-state index contributed by atoms with van der Waals surface area (Å²) in [6.45, 7) is 7.16. The topological polar surface area (TPSA) is 61.4 Å². The Balaban J connectivity index is 1.70. The molecule has 1 aromatic carbocycles. The second-order valence-electron chi connectivity index (χ2n) is 6.53. The Bertz CT molecular complexity index is 717. The number of benzene rings is 1. The number of para-hydroxylation sites is 1. The number of piperidine rings is 1. The first-order valence-electron chi connectivity index (χ1n) is 9.40. The summed E-state index contributed by atoms with van der Waals surface area (Å²) >= 11 is 0. The normalized spacial score (nSPS) is 17.0. The highest BCUT2D eigenvalue weighted by Gasteiger charge is 2.29. The van der Waals surface area contributed by atoms with E-state index in [1.54, 1.807) is 6.20 Å². The molecular weight excluding hydrogens is 326 g/mol. The van der Waals surface area contributed by atoms with Gasteiger partial charge in [0.25, 0.3) is 0 Å². The Hall–Kier alpha value is -2.63. The van der Waals surface area contributed by atoms with Crippen LogP contribution >= 0.6 is 0 Å². The van der Waals surface area contributed by atoms with Gasteiger partial charge in [-0.2, -0.15) is 4.98 Å². The number of hydrogen-bond acceptors (Lipinski definition) is 5. The third-order valence-electron chi connectivity index (χ3n) is 4.82. The molecule has 0 aliphatic carbocycles. The summed E-state index contributed by atoms with van der Waals surface area (Å²) in [6, 6.07) is 11.8. The molecule has 1 saturated heterocycles. The Labute approximate surface area is 155 Å². The van der Waals surface area contributed by atoms with Gasteiger partial charge in [0.1, 0.15) is 5.82 Å². The van der Waals surface area contributed by atoms with Crippen molar-refractivity contribution in [1.82, 2.24) is 14.9 Å². The van der Waals surface area contributed by atoms with E-state index in [-0.39, 0.29) is 11.8 Å². The highest BCUT2D eigenvalue weighted by atomic mass is 16.2. The van der Waals surface area contributed by atoms with Gasteiger partial charge >= 0.3 is 0 Å². The molecule has 2 aromatic rings. The van der Waals surface area contributed by atoms with Gasteiger partial charge in [0.2, 0.25) is 11.9 Å². The predicted molar refractivity (Wildman–Crippen MR) is 105 cm³/mol. The molecule has 3 rings (SSSR count). The van der Waals surface area contributed by atoms with Crippen molar-refractivity contribution in [2.24, 2.45) is 5.92 Å². The summed E-state index contributed by atoms with van der Waals surface area (Å²) in [5.41, 5.74) is 0.991. The number of nitrogens with one attached hydrogen (secondary N) is 1. The van der Waals surface area contributed by atoms with Gasteiger partial charge < -0.3 is 15.1 Å². The Morgan fingerprint density at radius 1 is 1.23 bits per heavy atom. The summed E-state index contributed by atoms with van der Waals surface area (Å²) in [6.07, 6.45) is 3.69. The largest absolute Gasteiger partial charge is 0.343 e. The predicted octanol–water partition coefficient (Wildman–Crippen LogP) is 3.31. The maximum atomic E-state index is 12.7. The third-order valence-corrected chi connectivity index (χ3v) is 4.82. The molecule has 1 N–H and O–H groups in total. The first kappa shape index (κ1) is 18.2. The minimum Gasteiger partial charge on any atom is -0.343 e. The van der Waals surface area contributed by atoms with Gasteiger partial charge in [-0.05, 0) is 44.9 Å². The minimum atomic E-state index is 0.0259. The monoisotopic (exact) mass is 353 g/mol. The number of carbonyl (C=O) groups excluding carboxylic acids is 1. The summed E-state index contributed by atoms with van der Waals surface area (Å²) in [4.78, 5) is 25.8. The van der Waals surface area contributed by atoms with E-state index in [1.165, 1.54) is 0 Å². The number of carbonyl (C=O) groups is 1. The number of anilines is 3. The zero-order chi connectivity index (χ0) is 18.4. The van der Waals surface area contributed by atoms with Crippen LogP contribution in [-0.2, 0) is 4.79 Å². The summed E-state index contributed by atoms with van der Waals surface area (Å²) in [7, 11) is 0. The summed E-state index contributed by atoms with van der Waals surface area (Å²) < 4.78 is 0. The SMILES string of the molecule is CCN(CC)C(=O)C1CCCN(c2nccc(Nc3ccccc3)n2)C1. The molecule has 0 radical (unpaired) electrons. The molecule has 138 valence electrons. The van der Waals surface area contributed by atoms with E-state index >= 15 is 0 Å². The standard InChI is InChI=1S/C20H27N5O/c1-3-24(4-2)19(26)16-9-8-14-25(15-16)20-21-13-12-18(23-20)22-17-10-6-5-7-11-17/h5-7,10-13,16H,3-4,8-9,14-15H2,1-2H3,(H,21,22,23). The van der Waals surface area contributed by atoms with Gasteiger partial charge in [0.15, 0.2) is 0 Å². The first-order valence-corrected chi connectivity index (χ1v) is 9.40. The van der Waals surface area contributed by atoms with Crippen molar-refractivity contribution in [2.75, 3.05) is 36.4 Å². The molecule has 0 saturated carbocycles. The molecule has 1 fully saturated rings. The summed E-state index contributed by atoms with van der Waals surface area (Å²) in [5, 5.41) is 3.30. The highest BCUT2D eigenvalue weighted by Crippen LogP contribution is 2.23. The fourth-order valence-electron chi connectivity index (χ4n) is 3.39. The van der Waals surface area contributed by atoms with E-state index in [9.17, 15) is 4.79 Å². The summed E-state index contributed by atoms with van der Waals surface area (Å²) in [5.74, 6) is 1.72. The maximum Gasteiger partial charge on any atom is 0.227 e. The number of rotatable bonds is 6. The Morgan fingerprint density at radius 2 is 2.00 bits per heavy atom. The van der Waals surface area contributed by atoms with Crippen molar-refractivity contribution in [3.05, 3.63) is 42.6 Å². The lowest BCUT2D eigenvalue weighted by atomic mass is 9.96. The number of aromatic nitrogens is 2. The van der Waals surface area contributed by atoms with E-state index in [2.05, 4.69) is 20.2 Å². The number of nitrogens with zero attached hydrogens (tertiary/aromatic N) is 4. The van der Waals surface area contributed by atoms with Crippen LogP contribution in [-0.4, -0.2) is 47.0 Å². The van der Waals surface area contributed by atoms with Crippen LogP contribution in [0.1, 0.15) is 26.7 Å². The molecule has 26 heavy (non-hydrogen) atoms. The van der Waals surface area contributed by atoms with Crippen molar-refractivity contribution in [2.45, 2.75) is 26.7 Å². The molecule has 6 heteroatoms. The van der Waals surface area contributed by atoms with Crippen molar-refractivity contribution in [3.8, 4) is 0 Å². The van der Waals surface area contributed by atoms with Gasteiger partial charge in [-0.1, -0.05) is 18.2 Å². The maximum absolute atomic E-state index is 12.7. The van der Waals surface area contributed by atoms with Crippen LogP contribution in [0.4, 0.5) is 17.5 Å². The second kappa shape index (κ2) is 8.65. The van der Waals surface area contributed by atoms with Crippen LogP contribution in [0.15, 0.2) is 42.6 Å². The first-order chi connectivity index (χ1) is 12.7. The van der Waals surface area contributed by atoms with Crippen molar-refractivity contribution >= 4 is 23.4 Å². The molecule has 1 aliphatic rings. The molecule has 1 aliphatic heterocycles. The Kier molecular flexibility index (Phi) is 6.04. The van der Waals surface area contributed by atoms with Gasteiger partial charge in [0, 0.05) is 38.1 Å². The van der Waals surface area contributed by atoms with Crippen LogP contribution in [0.3, 0.4) is 0 Å². The number of amides is 1. The lowest BCUT2D eigenvalue weighted by Gasteiger charge is -2.34. The van der Waals surface area contributed by atoms with Crippen molar-refractivity contribution < 1.29 is 4.79 Å². The Morgan fingerprint density at radius 3 is 2.73 bits per heavy atom. The van der Waals surface area contributed by atoms with Crippen molar-refractivity contribution in [1.29, 1.82) is 0 Å². The molecule has 2 heterocycles. The van der Waals surface area contributed by atoms with Crippen LogP contribution in [0, 0.1) is 5.92 Å². The zero-order valence-electron chi connectivity index (χ0n) is 15.6. The smallest absolute Gasteiger partial charge is 0.227 e. The molecular formula is C20H27N5O. The number of hydrogen-bond donors (Lipinski definition) is 1. The fourth-order valence-corrected chi connectivity index (χ4v) is 3.39. The molecule has 6 nitrogen and oxygen atoms in total. The van der Waals surface area contributed by atoms with E-state index < -0.39 is 0 Å². The van der Waals surface area contributed by atoms with Crippen LogP contribution < -0.4 is 10.2 Å². The molecule has 1 unspecified atom stereocenters. The lowest BCUT2D eigenvalue weighted by Crippen LogP contribution is -2.45. The van der Waals surface area contributed by atoms with E-state index in [1.807, 2.05) is 55.1 Å². The quantitative estimate of drug-likeness (QED) is 0.863. The minimum absolute atomic E-state index is 0.0259. The zero-order valence-corrected chi connectivity index (χ0v) is 15.6. The molecule has 1 amide bonds. The van der Waals surface area contributed by atoms with Crippen LogP contribution in [0.2, 0.25) is 0 Å². The van der Waals surface area contributed by atoms with Crippen LogP contribution in [0.25, 0.3) is 0 Å². The average Bonchev–Trinajstić information content (AvgIpc) is 2.70. The van der Waals surface area contributed by atoms with E-state index in [0.29, 0.717) is 12.5 Å². The molecule has 0 bridgehead atoms. The second-order valence-corrected chi connectivity index (χ2v) is 6.53. The molecule has 1 atom stereocenters. The van der Waals surface area contributed by atoms with E-state index in [4.69, 9.17) is 0 Å². The third kappa shape index (κ3) is 4.31. The average molecular weight is 353 g/mol. The molecule has 1 aromatic heterocycles. The van der Waals surface area contributed by atoms with Gasteiger partial charge in [-0.25, -0.2) is 4.98 Å². The van der Waals surface area contributed by atoms with Gasteiger partial charge in [-0.3, -0.25) is 4.79 Å². The van der Waals surface area contributed by atoms with Gasteiger partial charge in [0.05, 0.1) is 5.92 Å². The molecule has 0 spiro atoms.